The van der Waals surface area contributed by atoms with Gasteiger partial charge in [0.25, 0.3) is 0 Å². The van der Waals surface area contributed by atoms with Crippen LogP contribution in [0.1, 0.15) is 13.8 Å². The van der Waals surface area contributed by atoms with Crippen LogP contribution in [0.4, 0.5) is 0 Å². The molecule has 0 aromatic carbocycles. The molecule has 3 N–H and O–H groups in total. The highest BCUT2D eigenvalue weighted by molar-refractivity contribution is 5.78. The molecule has 0 spiro atoms. The number of hydrogen-bond acceptors (Lipinski definition) is 3. The fourth-order valence-corrected chi connectivity index (χ4v) is 1.66. The number of nitrogens with two attached hydrogens (primary N) is 1. The fourth-order valence-electron chi connectivity index (χ4n) is 1.66. The van der Waals surface area contributed by atoms with Crippen LogP contribution in [-0.4, -0.2) is 42.5 Å². The summed E-state index contributed by atoms with van der Waals surface area (Å²) >= 11 is 0. The molecule has 0 bridgehead atoms. The van der Waals surface area contributed by atoms with E-state index in [9.17, 15) is 4.79 Å². The van der Waals surface area contributed by atoms with Crippen LogP contribution in [0.15, 0.2) is 0 Å². The van der Waals surface area contributed by atoms with Crippen LogP contribution < -0.4 is 11.1 Å². The second kappa shape index (κ2) is 3.87. The third kappa shape index (κ3) is 2.19. The quantitative estimate of drug-likeness (QED) is 0.540. The predicted molar refractivity (Wildman–Crippen MR) is 47.7 cm³/mol. The number of amides is 1. The number of piperazine rings is 1. The molecule has 0 aromatic rings. The van der Waals surface area contributed by atoms with Gasteiger partial charge in [0.15, 0.2) is 0 Å². The molecule has 1 saturated heterocycles. The third-order valence-electron chi connectivity index (χ3n) is 2.08. The first-order valence-electron chi connectivity index (χ1n) is 4.37. The molecule has 0 radical (unpaired) electrons. The summed E-state index contributed by atoms with van der Waals surface area (Å²) in [6, 6.07) is 0.758. The lowest BCUT2D eigenvalue weighted by atomic mass is 10.1. The van der Waals surface area contributed by atoms with Crippen LogP contribution in [0.3, 0.4) is 0 Å². The van der Waals surface area contributed by atoms with Gasteiger partial charge in [-0.3, -0.25) is 4.79 Å². The fraction of sp³-hybridized carbons (Fsp3) is 0.875. The zero-order chi connectivity index (χ0) is 9.14. The van der Waals surface area contributed by atoms with Crippen molar-refractivity contribution >= 4 is 5.91 Å². The maximum atomic E-state index is 11.2. The van der Waals surface area contributed by atoms with E-state index >= 15 is 0 Å². The first kappa shape index (κ1) is 9.48. The van der Waals surface area contributed by atoms with Crippen molar-refractivity contribution in [2.24, 2.45) is 5.73 Å². The van der Waals surface area contributed by atoms with E-state index < -0.39 is 0 Å². The highest BCUT2D eigenvalue weighted by Gasteiger charge is 2.23. The lowest BCUT2D eigenvalue weighted by Gasteiger charge is -2.35. The Bertz CT molecular complexity index is 162. The Balaban J connectivity index is 2.49. The zero-order valence-corrected chi connectivity index (χ0v) is 7.71. The van der Waals surface area contributed by atoms with E-state index in [0.29, 0.717) is 12.1 Å². The van der Waals surface area contributed by atoms with Gasteiger partial charge in [0, 0.05) is 25.2 Å². The van der Waals surface area contributed by atoms with E-state index in [1.165, 1.54) is 0 Å². The first-order chi connectivity index (χ1) is 5.63. The summed E-state index contributed by atoms with van der Waals surface area (Å²) in [7, 11) is 0. The van der Waals surface area contributed by atoms with Crippen molar-refractivity contribution in [3.8, 4) is 0 Å². The Labute approximate surface area is 73.1 Å². The molecule has 1 amide bonds. The van der Waals surface area contributed by atoms with E-state index in [4.69, 9.17) is 5.73 Å². The largest absolute Gasteiger partial charge is 0.338 e. The van der Waals surface area contributed by atoms with Crippen molar-refractivity contribution in [1.29, 1.82) is 0 Å². The van der Waals surface area contributed by atoms with Gasteiger partial charge in [0.1, 0.15) is 0 Å². The average Bonchev–Trinajstić information content (AvgIpc) is 2.01. The minimum atomic E-state index is 0.0511. The summed E-state index contributed by atoms with van der Waals surface area (Å²) in [6.45, 7) is 5.83. The van der Waals surface area contributed by atoms with Gasteiger partial charge < -0.3 is 16.0 Å². The summed E-state index contributed by atoms with van der Waals surface area (Å²) in [5, 5.41) is 3.35. The highest BCUT2D eigenvalue weighted by atomic mass is 16.2. The molecule has 1 heterocycles. The number of nitrogens with one attached hydrogen (secondary N) is 1. The summed E-state index contributed by atoms with van der Waals surface area (Å²) < 4.78 is 0. The smallest absolute Gasteiger partial charge is 0.236 e. The topological polar surface area (TPSA) is 58.4 Å². The van der Waals surface area contributed by atoms with Gasteiger partial charge in [-0.25, -0.2) is 0 Å². The Morgan fingerprint density at radius 1 is 1.50 bits per heavy atom. The maximum absolute atomic E-state index is 11.2. The molecule has 1 aliphatic heterocycles. The normalized spacial score (nSPS) is 30.4. The van der Waals surface area contributed by atoms with Crippen LogP contribution in [0.25, 0.3) is 0 Å². The number of nitrogens with zero attached hydrogens (tertiary/aromatic N) is 1. The molecule has 4 nitrogen and oxygen atoms in total. The molecule has 1 rings (SSSR count). The SMILES string of the molecule is CC1CN(C(=O)CN)CC(C)N1. The van der Waals surface area contributed by atoms with Gasteiger partial charge in [-0.05, 0) is 13.8 Å². The number of rotatable bonds is 1. The summed E-state index contributed by atoms with van der Waals surface area (Å²) in [4.78, 5) is 13.1. The highest BCUT2D eigenvalue weighted by Crippen LogP contribution is 2.03. The molecular formula is C8H17N3O. The number of hydrogen-bond donors (Lipinski definition) is 2. The summed E-state index contributed by atoms with van der Waals surface area (Å²) in [5.74, 6) is 0.0511. The molecule has 70 valence electrons. The van der Waals surface area contributed by atoms with Crippen molar-refractivity contribution in [2.75, 3.05) is 19.6 Å². The molecule has 4 heteroatoms. The monoisotopic (exact) mass is 171 g/mol. The molecule has 0 saturated carbocycles. The van der Waals surface area contributed by atoms with Crippen LogP contribution in [-0.2, 0) is 4.79 Å². The van der Waals surface area contributed by atoms with E-state index in [1.54, 1.807) is 0 Å². The van der Waals surface area contributed by atoms with Gasteiger partial charge in [-0.1, -0.05) is 0 Å². The Morgan fingerprint density at radius 2 is 2.00 bits per heavy atom. The molecular weight excluding hydrogens is 154 g/mol. The molecule has 2 unspecified atom stereocenters. The molecule has 12 heavy (non-hydrogen) atoms. The minimum absolute atomic E-state index is 0.0511. The first-order valence-corrected chi connectivity index (χ1v) is 4.37. The molecule has 0 aromatic heterocycles. The van der Waals surface area contributed by atoms with Gasteiger partial charge in [0.2, 0.25) is 5.91 Å². The van der Waals surface area contributed by atoms with Gasteiger partial charge in [0.05, 0.1) is 6.54 Å². The second-order valence-corrected chi connectivity index (χ2v) is 3.47. The summed E-state index contributed by atoms with van der Waals surface area (Å²) in [5.41, 5.74) is 5.28. The lowest BCUT2D eigenvalue weighted by Crippen LogP contribution is -2.56. The molecule has 0 aliphatic carbocycles. The van der Waals surface area contributed by atoms with Crippen LogP contribution in [0, 0.1) is 0 Å². The van der Waals surface area contributed by atoms with Gasteiger partial charge >= 0.3 is 0 Å². The Hall–Kier alpha value is -0.610. The van der Waals surface area contributed by atoms with E-state index in [0.717, 1.165) is 13.1 Å². The van der Waals surface area contributed by atoms with E-state index in [2.05, 4.69) is 19.2 Å². The average molecular weight is 171 g/mol. The molecule has 2 atom stereocenters. The standard InChI is InChI=1S/C8H17N3O/c1-6-4-11(8(12)3-9)5-7(2)10-6/h6-7,10H,3-5,9H2,1-2H3. The van der Waals surface area contributed by atoms with Crippen LogP contribution in [0.2, 0.25) is 0 Å². The molecule has 1 fully saturated rings. The van der Waals surface area contributed by atoms with Crippen molar-refractivity contribution in [3.63, 3.8) is 0 Å². The van der Waals surface area contributed by atoms with Crippen molar-refractivity contribution in [2.45, 2.75) is 25.9 Å². The van der Waals surface area contributed by atoms with Crippen LogP contribution in [0.5, 0.6) is 0 Å². The van der Waals surface area contributed by atoms with Crippen molar-refractivity contribution in [1.82, 2.24) is 10.2 Å². The number of carbonyl (C=O) groups excluding carboxylic acids is 1. The predicted octanol–water partition coefficient (Wildman–Crippen LogP) is -0.846. The summed E-state index contributed by atoms with van der Waals surface area (Å²) in [6.07, 6.45) is 0. The van der Waals surface area contributed by atoms with Crippen LogP contribution >= 0.6 is 0 Å². The van der Waals surface area contributed by atoms with E-state index in [-0.39, 0.29) is 12.5 Å². The Morgan fingerprint density at radius 3 is 2.42 bits per heavy atom. The van der Waals surface area contributed by atoms with Gasteiger partial charge in [-0.15, -0.1) is 0 Å². The number of carbonyl (C=O) groups is 1. The van der Waals surface area contributed by atoms with Crippen molar-refractivity contribution < 1.29 is 4.79 Å². The van der Waals surface area contributed by atoms with E-state index in [1.807, 2.05) is 4.90 Å². The second-order valence-electron chi connectivity index (χ2n) is 3.47. The minimum Gasteiger partial charge on any atom is -0.338 e. The molecule has 1 aliphatic rings. The Kier molecular flexibility index (Phi) is 3.05. The maximum Gasteiger partial charge on any atom is 0.236 e. The van der Waals surface area contributed by atoms with Gasteiger partial charge in [-0.2, -0.15) is 0 Å². The van der Waals surface area contributed by atoms with Crippen molar-refractivity contribution in [3.05, 3.63) is 0 Å². The third-order valence-corrected chi connectivity index (χ3v) is 2.08. The lowest BCUT2D eigenvalue weighted by molar-refractivity contribution is -0.131. The zero-order valence-electron chi connectivity index (χ0n) is 7.71.